The summed E-state index contributed by atoms with van der Waals surface area (Å²) >= 11 is 0. The number of anilines is 3. The summed E-state index contributed by atoms with van der Waals surface area (Å²) in [4.78, 5) is 6.69. The molecule has 9 aromatic rings. The molecule has 0 fully saturated rings. The molecule has 44 heavy (non-hydrogen) atoms. The molecule has 0 atom stereocenters. The highest BCUT2D eigenvalue weighted by molar-refractivity contribution is 6.23. The van der Waals surface area contributed by atoms with E-state index < -0.39 is 0 Å². The van der Waals surface area contributed by atoms with Crippen molar-refractivity contribution in [3.8, 4) is 11.1 Å². The van der Waals surface area contributed by atoms with Crippen molar-refractivity contribution in [1.29, 1.82) is 0 Å². The molecule has 0 aliphatic heterocycles. The van der Waals surface area contributed by atoms with Gasteiger partial charge in [0.05, 0.1) is 0 Å². The molecule has 0 aliphatic carbocycles. The molecule has 0 N–H and O–H groups in total. The average molecular weight is 563 g/mol. The first-order valence-electron chi connectivity index (χ1n) is 14.9. The Bertz CT molecular complexity index is 2490. The van der Waals surface area contributed by atoms with Gasteiger partial charge in [0.15, 0.2) is 0 Å². The number of pyridine rings is 1. The highest BCUT2D eigenvalue weighted by atomic mass is 16.3. The van der Waals surface area contributed by atoms with E-state index in [0.29, 0.717) is 0 Å². The number of fused-ring (bicyclic) bond motifs is 8. The van der Waals surface area contributed by atoms with Gasteiger partial charge in [0.25, 0.3) is 0 Å². The van der Waals surface area contributed by atoms with Crippen molar-refractivity contribution in [3.05, 3.63) is 158 Å². The Morgan fingerprint density at radius 3 is 1.95 bits per heavy atom. The van der Waals surface area contributed by atoms with Crippen LogP contribution in [0.15, 0.2) is 162 Å². The highest BCUT2D eigenvalue weighted by Gasteiger charge is 2.17. The quantitative estimate of drug-likeness (QED) is 0.200. The predicted octanol–water partition coefficient (Wildman–Crippen LogP) is 11.6. The van der Waals surface area contributed by atoms with Crippen molar-refractivity contribution in [1.82, 2.24) is 4.98 Å². The Morgan fingerprint density at radius 2 is 1.09 bits per heavy atom. The zero-order chi connectivity index (χ0) is 29.0. The molecule has 3 nitrogen and oxygen atoms in total. The van der Waals surface area contributed by atoms with Crippen molar-refractivity contribution >= 4 is 71.3 Å². The summed E-state index contributed by atoms with van der Waals surface area (Å²) in [7, 11) is 0. The number of rotatable bonds is 4. The second-order valence-electron chi connectivity index (χ2n) is 11.3. The van der Waals surface area contributed by atoms with Crippen LogP contribution < -0.4 is 4.90 Å². The molecule has 206 valence electrons. The lowest BCUT2D eigenvalue weighted by atomic mass is 9.98. The summed E-state index contributed by atoms with van der Waals surface area (Å²) in [6.07, 6.45) is 3.67. The van der Waals surface area contributed by atoms with E-state index in [1.807, 2.05) is 12.3 Å². The number of hydrogen-bond acceptors (Lipinski definition) is 3. The summed E-state index contributed by atoms with van der Waals surface area (Å²) in [5.74, 6) is 0. The van der Waals surface area contributed by atoms with Gasteiger partial charge < -0.3 is 9.32 Å². The van der Waals surface area contributed by atoms with Gasteiger partial charge in [0.2, 0.25) is 0 Å². The van der Waals surface area contributed by atoms with Crippen LogP contribution in [0.3, 0.4) is 0 Å². The molecule has 0 unspecified atom stereocenters. The van der Waals surface area contributed by atoms with Crippen LogP contribution in [-0.4, -0.2) is 4.98 Å². The van der Waals surface area contributed by atoms with E-state index in [9.17, 15) is 0 Å². The third-order valence-electron chi connectivity index (χ3n) is 8.70. The van der Waals surface area contributed by atoms with Crippen molar-refractivity contribution < 1.29 is 4.42 Å². The Morgan fingerprint density at radius 1 is 0.455 bits per heavy atom. The normalized spacial score (nSPS) is 11.6. The molecule has 0 saturated carbocycles. The van der Waals surface area contributed by atoms with Crippen molar-refractivity contribution in [3.63, 3.8) is 0 Å². The lowest BCUT2D eigenvalue weighted by Gasteiger charge is -2.26. The largest absolute Gasteiger partial charge is 0.455 e. The van der Waals surface area contributed by atoms with E-state index in [1.54, 1.807) is 6.20 Å². The molecule has 0 amide bonds. The van der Waals surface area contributed by atoms with E-state index >= 15 is 0 Å². The summed E-state index contributed by atoms with van der Waals surface area (Å²) in [6, 6.07) is 52.0. The highest BCUT2D eigenvalue weighted by Crippen LogP contribution is 2.41. The topological polar surface area (TPSA) is 29.3 Å². The third kappa shape index (κ3) is 3.94. The summed E-state index contributed by atoms with van der Waals surface area (Å²) < 4.78 is 6.43. The van der Waals surface area contributed by atoms with Crippen molar-refractivity contribution in [2.45, 2.75) is 0 Å². The smallest absolute Gasteiger partial charge is 0.143 e. The predicted molar refractivity (Wildman–Crippen MR) is 184 cm³/mol. The second kappa shape index (κ2) is 9.82. The maximum atomic E-state index is 6.43. The van der Waals surface area contributed by atoms with Gasteiger partial charge in [-0.1, -0.05) is 97.1 Å². The number of aromatic nitrogens is 1. The fraction of sp³-hybridized carbons (Fsp3) is 0. The van der Waals surface area contributed by atoms with Crippen LogP contribution in [0.1, 0.15) is 0 Å². The standard InChI is InChI=1S/C41H26N2O/c1-2-6-27(7-3-1)29-12-16-33(17-13-29)43(34-18-14-28-8-4-5-9-31(28)24-34)35-19-21-36-32(25-35)11-10-30-15-20-37-38-26-42-23-22-39(38)44-41(37)40(30)36/h1-26H. The maximum absolute atomic E-state index is 6.43. The number of nitrogens with zero attached hydrogens (tertiary/aromatic N) is 2. The van der Waals surface area contributed by atoms with Crippen molar-refractivity contribution in [2.24, 2.45) is 0 Å². The Balaban J connectivity index is 1.24. The molecule has 0 aliphatic rings. The van der Waals surface area contributed by atoms with E-state index in [1.165, 1.54) is 27.3 Å². The minimum Gasteiger partial charge on any atom is -0.455 e. The number of benzene rings is 7. The SMILES string of the molecule is c1ccc(-c2ccc(N(c3ccc4ccccc4c3)c3ccc4c(ccc5ccc6c7cnccc7oc6c54)c3)cc2)cc1. The van der Waals surface area contributed by atoms with Gasteiger partial charge in [-0.2, -0.15) is 0 Å². The second-order valence-corrected chi connectivity index (χ2v) is 11.3. The molecule has 0 saturated heterocycles. The van der Waals surface area contributed by atoms with E-state index in [4.69, 9.17) is 4.42 Å². The van der Waals surface area contributed by atoms with Crippen LogP contribution in [0.2, 0.25) is 0 Å². The Kier molecular flexibility index (Phi) is 5.50. The Labute approximate surface area is 254 Å². The minimum absolute atomic E-state index is 0.859. The minimum atomic E-state index is 0.859. The van der Waals surface area contributed by atoms with Crippen LogP contribution in [-0.2, 0) is 0 Å². The molecule has 0 radical (unpaired) electrons. The Hall–Kier alpha value is -5.93. The van der Waals surface area contributed by atoms with Gasteiger partial charge in [0.1, 0.15) is 11.2 Å². The maximum Gasteiger partial charge on any atom is 0.143 e. The van der Waals surface area contributed by atoms with E-state index in [2.05, 4.69) is 149 Å². The molecular weight excluding hydrogens is 536 g/mol. The fourth-order valence-electron chi connectivity index (χ4n) is 6.55. The van der Waals surface area contributed by atoms with Gasteiger partial charge >= 0.3 is 0 Å². The summed E-state index contributed by atoms with van der Waals surface area (Å²) in [5, 5.41) is 9.19. The third-order valence-corrected chi connectivity index (χ3v) is 8.70. The van der Waals surface area contributed by atoms with Gasteiger partial charge in [0, 0.05) is 45.6 Å². The average Bonchev–Trinajstić information content (AvgIpc) is 3.48. The zero-order valence-electron chi connectivity index (χ0n) is 23.8. The van der Waals surface area contributed by atoms with E-state index in [0.717, 1.165) is 55.2 Å². The summed E-state index contributed by atoms with van der Waals surface area (Å²) in [6.45, 7) is 0. The molecule has 2 heterocycles. The fourth-order valence-corrected chi connectivity index (χ4v) is 6.55. The van der Waals surface area contributed by atoms with Gasteiger partial charge in [-0.3, -0.25) is 4.98 Å². The van der Waals surface area contributed by atoms with Crippen LogP contribution in [0.25, 0.3) is 65.4 Å². The first kappa shape index (κ1) is 24.6. The van der Waals surface area contributed by atoms with Crippen LogP contribution in [0.5, 0.6) is 0 Å². The van der Waals surface area contributed by atoms with Crippen LogP contribution in [0.4, 0.5) is 17.1 Å². The van der Waals surface area contributed by atoms with Crippen LogP contribution >= 0.6 is 0 Å². The first-order valence-corrected chi connectivity index (χ1v) is 14.9. The summed E-state index contributed by atoms with van der Waals surface area (Å²) in [5.41, 5.74) is 7.49. The van der Waals surface area contributed by atoms with Gasteiger partial charge in [-0.25, -0.2) is 0 Å². The monoisotopic (exact) mass is 562 g/mol. The molecule has 9 rings (SSSR count). The molecule has 0 spiro atoms. The van der Waals surface area contributed by atoms with Gasteiger partial charge in [-0.15, -0.1) is 0 Å². The van der Waals surface area contributed by atoms with Crippen LogP contribution in [0, 0.1) is 0 Å². The van der Waals surface area contributed by atoms with E-state index in [-0.39, 0.29) is 0 Å². The lowest BCUT2D eigenvalue weighted by Crippen LogP contribution is -2.10. The molecule has 7 aromatic carbocycles. The van der Waals surface area contributed by atoms with Crippen molar-refractivity contribution in [2.75, 3.05) is 4.90 Å². The number of hydrogen-bond donors (Lipinski definition) is 0. The molecule has 0 bridgehead atoms. The zero-order valence-corrected chi connectivity index (χ0v) is 23.8. The molecule has 2 aromatic heterocycles. The molecule has 3 heteroatoms. The first-order chi connectivity index (χ1) is 21.8. The number of furan rings is 1. The lowest BCUT2D eigenvalue weighted by molar-refractivity contribution is 0.672. The molecular formula is C41H26N2O. The van der Waals surface area contributed by atoms with Gasteiger partial charge in [-0.05, 0) is 86.6 Å².